The molecule has 0 aromatic heterocycles. The van der Waals surface area contributed by atoms with Crippen LogP contribution in [-0.4, -0.2) is 6.29 Å². The molecular weight excluding hydrogens is 196 g/mol. The Bertz CT molecular complexity index is 257. The summed E-state index contributed by atoms with van der Waals surface area (Å²) in [7, 11) is 0. The molecule has 0 heterocycles. The Morgan fingerprint density at radius 3 is 2.31 bits per heavy atom. The summed E-state index contributed by atoms with van der Waals surface area (Å²) in [5, 5.41) is 0. The first kappa shape index (κ1) is 13.0. The van der Waals surface area contributed by atoms with Crippen molar-refractivity contribution >= 4 is 6.29 Å². The highest BCUT2D eigenvalue weighted by molar-refractivity contribution is 5.55. The van der Waals surface area contributed by atoms with Crippen molar-refractivity contribution in [2.75, 3.05) is 0 Å². The van der Waals surface area contributed by atoms with Gasteiger partial charge >= 0.3 is 0 Å². The van der Waals surface area contributed by atoms with Gasteiger partial charge in [0.05, 0.1) is 0 Å². The molecule has 0 N–H and O–H groups in total. The molecule has 0 bridgehead atoms. The lowest BCUT2D eigenvalue weighted by Gasteiger charge is -2.15. The van der Waals surface area contributed by atoms with E-state index in [0.717, 1.165) is 12.7 Å². The number of carbonyl (C=O) groups is 1. The van der Waals surface area contributed by atoms with E-state index in [1.54, 1.807) is 0 Å². The predicted molar refractivity (Wildman–Crippen MR) is 69.2 cm³/mol. The number of aldehydes is 1. The summed E-state index contributed by atoms with van der Waals surface area (Å²) in [6.07, 6.45) is 19.4. The van der Waals surface area contributed by atoms with Gasteiger partial charge in [-0.1, -0.05) is 69.1 Å². The van der Waals surface area contributed by atoms with E-state index >= 15 is 0 Å². The molecule has 0 unspecified atom stereocenters. The normalized spacial score (nSPS) is 17.3. The van der Waals surface area contributed by atoms with Crippen LogP contribution < -0.4 is 0 Å². The monoisotopic (exact) mass is 218 g/mol. The summed E-state index contributed by atoms with van der Waals surface area (Å²) in [5.74, 6) is 0.443. The van der Waals surface area contributed by atoms with Crippen LogP contribution in [0, 0.1) is 11.8 Å². The highest BCUT2D eigenvalue weighted by Gasteiger charge is 2.15. The fourth-order valence-electron chi connectivity index (χ4n) is 2.02. The second-order valence-corrected chi connectivity index (χ2v) is 4.38. The Hall–Kier alpha value is -1.11. The fraction of sp³-hybridized carbons (Fsp3) is 0.533. The van der Waals surface area contributed by atoms with Crippen molar-refractivity contribution in [3.63, 3.8) is 0 Å². The largest absolute Gasteiger partial charge is 0.303 e. The van der Waals surface area contributed by atoms with Crippen LogP contribution in [0.1, 0.15) is 39.0 Å². The van der Waals surface area contributed by atoms with Gasteiger partial charge in [0.1, 0.15) is 6.29 Å². The number of hydrogen-bond acceptors (Lipinski definition) is 1. The van der Waals surface area contributed by atoms with Crippen LogP contribution >= 0.6 is 0 Å². The van der Waals surface area contributed by atoms with Crippen LogP contribution in [0.2, 0.25) is 0 Å². The molecule has 1 nitrogen and oxygen atoms in total. The molecule has 88 valence electrons. The molecule has 1 rings (SSSR count). The van der Waals surface area contributed by atoms with Crippen molar-refractivity contribution in [3.8, 4) is 0 Å². The van der Waals surface area contributed by atoms with Crippen LogP contribution in [0.25, 0.3) is 0 Å². The Balaban J connectivity index is 2.38. The van der Waals surface area contributed by atoms with Crippen LogP contribution in [0.15, 0.2) is 36.5 Å². The van der Waals surface area contributed by atoms with Crippen LogP contribution in [0.3, 0.4) is 0 Å². The zero-order valence-corrected chi connectivity index (χ0v) is 10.1. The molecule has 0 saturated carbocycles. The zero-order chi connectivity index (χ0) is 11.6. The molecule has 0 aliphatic heterocycles. The minimum atomic E-state index is 0.157. The summed E-state index contributed by atoms with van der Waals surface area (Å²) in [5.41, 5.74) is 0. The first-order chi connectivity index (χ1) is 7.88. The van der Waals surface area contributed by atoms with Crippen LogP contribution in [0.5, 0.6) is 0 Å². The van der Waals surface area contributed by atoms with E-state index in [1.165, 1.54) is 25.7 Å². The van der Waals surface area contributed by atoms with E-state index in [4.69, 9.17) is 0 Å². The third kappa shape index (κ3) is 4.61. The van der Waals surface area contributed by atoms with E-state index in [2.05, 4.69) is 19.1 Å². The smallest absolute Gasteiger partial charge is 0.123 e. The lowest BCUT2D eigenvalue weighted by molar-refractivity contribution is -0.111. The van der Waals surface area contributed by atoms with Crippen molar-refractivity contribution in [3.05, 3.63) is 36.5 Å². The first-order valence-electron chi connectivity index (χ1n) is 6.35. The minimum Gasteiger partial charge on any atom is -0.303 e. The van der Waals surface area contributed by atoms with Crippen molar-refractivity contribution < 1.29 is 4.79 Å². The van der Waals surface area contributed by atoms with Gasteiger partial charge in [-0.15, -0.1) is 0 Å². The van der Waals surface area contributed by atoms with Gasteiger partial charge in [0, 0.05) is 11.8 Å². The van der Waals surface area contributed by atoms with E-state index in [-0.39, 0.29) is 11.8 Å². The summed E-state index contributed by atoms with van der Waals surface area (Å²) in [6, 6.07) is 0. The lowest BCUT2D eigenvalue weighted by Crippen LogP contribution is -2.12. The predicted octanol–water partition coefficient (Wildman–Crippen LogP) is 4.07. The number of allylic oxidation sites excluding steroid dienone is 6. The summed E-state index contributed by atoms with van der Waals surface area (Å²) < 4.78 is 0. The summed E-state index contributed by atoms with van der Waals surface area (Å²) >= 11 is 0. The van der Waals surface area contributed by atoms with Gasteiger partial charge in [0.25, 0.3) is 0 Å². The summed E-state index contributed by atoms with van der Waals surface area (Å²) in [6.45, 7) is 2.21. The fourth-order valence-corrected chi connectivity index (χ4v) is 2.02. The van der Waals surface area contributed by atoms with Crippen LogP contribution in [-0.2, 0) is 4.79 Å². The maximum Gasteiger partial charge on any atom is 0.123 e. The van der Waals surface area contributed by atoms with Gasteiger partial charge in [-0.2, -0.15) is 0 Å². The van der Waals surface area contributed by atoms with E-state index in [1.807, 2.05) is 24.3 Å². The molecule has 1 aliphatic rings. The number of carbonyl (C=O) groups excluding carboxylic acids is 1. The van der Waals surface area contributed by atoms with Crippen LogP contribution in [0.4, 0.5) is 0 Å². The number of rotatable bonds is 7. The Kier molecular flexibility index (Phi) is 6.55. The second-order valence-electron chi connectivity index (χ2n) is 4.38. The van der Waals surface area contributed by atoms with Crippen molar-refractivity contribution in [2.24, 2.45) is 11.8 Å². The van der Waals surface area contributed by atoms with Gasteiger partial charge in [-0.3, -0.25) is 0 Å². The maximum absolute atomic E-state index is 11.1. The quantitative estimate of drug-likeness (QED) is 0.465. The topological polar surface area (TPSA) is 17.1 Å². The molecule has 1 aliphatic carbocycles. The molecule has 1 atom stereocenters. The lowest BCUT2D eigenvalue weighted by atomic mass is 9.88. The van der Waals surface area contributed by atoms with Crippen molar-refractivity contribution in [1.82, 2.24) is 0 Å². The van der Waals surface area contributed by atoms with Crippen molar-refractivity contribution in [1.29, 1.82) is 0 Å². The maximum atomic E-state index is 11.1. The van der Waals surface area contributed by atoms with E-state index in [0.29, 0.717) is 0 Å². The van der Waals surface area contributed by atoms with Gasteiger partial charge in [0.2, 0.25) is 0 Å². The number of unbranched alkanes of at least 4 members (excludes halogenated alkanes) is 3. The summed E-state index contributed by atoms with van der Waals surface area (Å²) in [4.78, 5) is 11.1. The van der Waals surface area contributed by atoms with E-state index < -0.39 is 0 Å². The van der Waals surface area contributed by atoms with Gasteiger partial charge in [0.15, 0.2) is 0 Å². The Morgan fingerprint density at radius 2 is 1.75 bits per heavy atom. The molecule has 0 fully saturated rings. The molecular formula is C15H22O. The van der Waals surface area contributed by atoms with Gasteiger partial charge in [-0.05, 0) is 6.42 Å². The molecule has 0 radical (unpaired) electrons. The van der Waals surface area contributed by atoms with Gasteiger partial charge < -0.3 is 4.79 Å². The third-order valence-corrected chi connectivity index (χ3v) is 3.06. The molecule has 0 amide bonds. The SMILES string of the molecule is CCCCCC[C@@H](C=O)C1C=CC=CC=C1. The van der Waals surface area contributed by atoms with Gasteiger partial charge in [-0.25, -0.2) is 0 Å². The highest BCUT2D eigenvalue weighted by Crippen LogP contribution is 2.21. The molecule has 0 saturated heterocycles. The molecule has 0 aromatic carbocycles. The average Bonchev–Trinajstić information content (AvgIpc) is 2.58. The molecule has 0 spiro atoms. The Labute approximate surface area is 98.9 Å². The highest BCUT2D eigenvalue weighted by atomic mass is 16.1. The second kappa shape index (κ2) is 8.09. The Morgan fingerprint density at radius 1 is 1.06 bits per heavy atom. The molecule has 1 heteroatoms. The third-order valence-electron chi connectivity index (χ3n) is 3.06. The zero-order valence-electron chi connectivity index (χ0n) is 10.1. The first-order valence-corrected chi connectivity index (χ1v) is 6.35. The number of hydrogen-bond donors (Lipinski definition) is 0. The van der Waals surface area contributed by atoms with Crippen molar-refractivity contribution in [2.45, 2.75) is 39.0 Å². The van der Waals surface area contributed by atoms with E-state index in [9.17, 15) is 4.79 Å². The molecule has 0 aromatic rings. The minimum absolute atomic E-state index is 0.157. The molecule has 16 heavy (non-hydrogen) atoms. The standard InChI is InChI=1S/C15H22O/c1-2-3-4-7-12-15(13-16)14-10-8-5-6-9-11-14/h5-6,8-11,13-15H,2-4,7,12H2,1H3/t15-/m0/s1. The average molecular weight is 218 g/mol.